The Bertz CT molecular complexity index is 1180. The lowest BCUT2D eigenvalue weighted by Crippen LogP contribution is -2.44. The van der Waals surface area contributed by atoms with Gasteiger partial charge in [-0.25, -0.2) is 4.39 Å². The first kappa shape index (κ1) is 22.5. The molecule has 33 heavy (non-hydrogen) atoms. The second kappa shape index (κ2) is 9.45. The fourth-order valence-corrected chi connectivity index (χ4v) is 4.64. The molecular weight excluding hydrogens is 419 g/mol. The van der Waals surface area contributed by atoms with Crippen LogP contribution in [0.15, 0.2) is 72.8 Å². The number of amides is 2. The van der Waals surface area contributed by atoms with Crippen molar-refractivity contribution in [1.82, 2.24) is 10.2 Å². The maximum atomic E-state index is 14.6. The van der Waals surface area contributed by atoms with Crippen molar-refractivity contribution >= 4 is 11.8 Å². The third-order valence-corrected chi connectivity index (χ3v) is 6.38. The number of carbonyl (C=O) groups is 2. The van der Waals surface area contributed by atoms with Crippen molar-refractivity contribution in [3.63, 3.8) is 0 Å². The number of hydrogen-bond donors (Lipinski definition) is 1. The Morgan fingerprint density at radius 3 is 2.48 bits per heavy atom. The first-order valence-corrected chi connectivity index (χ1v) is 11.0. The van der Waals surface area contributed by atoms with E-state index in [0.29, 0.717) is 36.3 Å². The lowest BCUT2D eigenvalue weighted by atomic mass is 9.78. The Kier molecular flexibility index (Phi) is 6.45. The maximum absolute atomic E-state index is 14.6. The van der Waals surface area contributed by atoms with Crippen molar-refractivity contribution in [1.29, 1.82) is 0 Å². The SMILES string of the molecule is CNC(=O)C1(Cc2ccccc2-c2ccccc2F)CCN(C(=O)c2cccc(OC)c2)C1. The molecule has 0 spiro atoms. The molecular formula is C27H27FN2O3. The normalized spacial score (nSPS) is 17.6. The number of benzene rings is 3. The lowest BCUT2D eigenvalue weighted by Gasteiger charge is -2.29. The number of nitrogens with one attached hydrogen (secondary N) is 1. The largest absolute Gasteiger partial charge is 0.497 e. The van der Waals surface area contributed by atoms with E-state index < -0.39 is 5.41 Å². The van der Waals surface area contributed by atoms with Crippen LogP contribution in [0.25, 0.3) is 11.1 Å². The number of rotatable bonds is 6. The summed E-state index contributed by atoms with van der Waals surface area (Å²) in [5.74, 6) is 0.0467. The highest BCUT2D eigenvalue weighted by molar-refractivity contribution is 5.96. The van der Waals surface area contributed by atoms with Gasteiger partial charge in [0, 0.05) is 31.3 Å². The Morgan fingerprint density at radius 2 is 1.76 bits per heavy atom. The average Bonchev–Trinajstić information content (AvgIpc) is 3.29. The molecule has 4 rings (SSSR count). The topological polar surface area (TPSA) is 58.6 Å². The highest BCUT2D eigenvalue weighted by atomic mass is 19.1. The summed E-state index contributed by atoms with van der Waals surface area (Å²) in [5.41, 5.74) is 1.86. The van der Waals surface area contributed by atoms with Gasteiger partial charge in [-0.1, -0.05) is 48.5 Å². The van der Waals surface area contributed by atoms with Crippen molar-refractivity contribution in [3.8, 4) is 16.9 Å². The van der Waals surface area contributed by atoms with Crippen LogP contribution in [0.5, 0.6) is 5.75 Å². The van der Waals surface area contributed by atoms with E-state index in [9.17, 15) is 14.0 Å². The molecule has 1 aliphatic heterocycles. The standard InChI is InChI=1S/C27H27FN2O3/c1-29-26(32)27(14-15-30(18-27)25(31)19-9-7-10-21(16-19)33-2)17-20-8-3-4-11-22(20)23-12-5-6-13-24(23)28/h3-13,16H,14-15,17-18H2,1-2H3,(H,29,32). The Labute approximate surface area is 193 Å². The molecule has 0 bridgehead atoms. The summed E-state index contributed by atoms with van der Waals surface area (Å²) in [4.78, 5) is 28.0. The first-order chi connectivity index (χ1) is 16.0. The van der Waals surface area contributed by atoms with E-state index >= 15 is 0 Å². The van der Waals surface area contributed by atoms with Crippen LogP contribution in [-0.2, 0) is 11.2 Å². The number of likely N-dealkylation sites (tertiary alicyclic amines) is 1. The predicted octanol–water partition coefficient (Wildman–Crippen LogP) is 4.32. The molecule has 5 nitrogen and oxygen atoms in total. The molecule has 1 unspecified atom stereocenters. The summed E-state index contributed by atoms with van der Waals surface area (Å²) in [6.45, 7) is 0.750. The molecule has 0 radical (unpaired) electrons. The Hall–Kier alpha value is -3.67. The minimum Gasteiger partial charge on any atom is -0.497 e. The van der Waals surface area contributed by atoms with E-state index in [2.05, 4.69) is 5.32 Å². The van der Waals surface area contributed by atoms with Crippen molar-refractivity contribution in [2.24, 2.45) is 5.41 Å². The molecule has 0 aliphatic carbocycles. The molecule has 0 saturated carbocycles. The number of halogens is 1. The molecule has 1 fully saturated rings. The van der Waals surface area contributed by atoms with Crippen LogP contribution >= 0.6 is 0 Å². The molecule has 170 valence electrons. The number of carbonyl (C=O) groups excluding carboxylic acids is 2. The van der Waals surface area contributed by atoms with Gasteiger partial charge >= 0.3 is 0 Å². The maximum Gasteiger partial charge on any atom is 0.254 e. The summed E-state index contributed by atoms with van der Waals surface area (Å²) in [7, 11) is 3.17. The predicted molar refractivity (Wildman–Crippen MR) is 126 cm³/mol. The van der Waals surface area contributed by atoms with Gasteiger partial charge in [0.1, 0.15) is 11.6 Å². The molecule has 3 aromatic rings. The monoisotopic (exact) mass is 446 g/mol. The number of methoxy groups -OCH3 is 1. The molecule has 2 amide bonds. The van der Waals surface area contributed by atoms with E-state index in [1.807, 2.05) is 24.3 Å². The van der Waals surface area contributed by atoms with Gasteiger partial charge in [0.25, 0.3) is 5.91 Å². The van der Waals surface area contributed by atoms with Gasteiger partial charge in [-0.2, -0.15) is 0 Å². The van der Waals surface area contributed by atoms with E-state index in [4.69, 9.17) is 4.74 Å². The first-order valence-electron chi connectivity index (χ1n) is 11.0. The second-order valence-electron chi connectivity index (χ2n) is 8.38. The van der Waals surface area contributed by atoms with Crippen LogP contribution in [-0.4, -0.2) is 44.0 Å². The average molecular weight is 447 g/mol. The zero-order valence-corrected chi connectivity index (χ0v) is 18.8. The van der Waals surface area contributed by atoms with E-state index in [-0.39, 0.29) is 24.2 Å². The van der Waals surface area contributed by atoms with Gasteiger partial charge in [-0.3, -0.25) is 9.59 Å². The van der Waals surface area contributed by atoms with Crippen LogP contribution in [0.3, 0.4) is 0 Å². The van der Waals surface area contributed by atoms with Crippen LogP contribution < -0.4 is 10.1 Å². The summed E-state index contributed by atoms with van der Waals surface area (Å²) in [6, 6.07) is 21.2. The highest BCUT2D eigenvalue weighted by Gasteiger charge is 2.46. The Balaban J connectivity index is 1.65. The lowest BCUT2D eigenvalue weighted by molar-refractivity contribution is -0.129. The van der Waals surface area contributed by atoms with Gasteiger partial charge in [0.15, 0.2) is 0 Å². The van der Waals surface area contributed by atoms with Gasteiger partial charge in [0.05, 0.1) is 12.5 Å². The molecule has 3 aromatic carbocycles. The van der Waals surface area contributed by atoms with Crippen LogP contribution in [0.2, 0.25) is 0 Å². The quantitative estimate of drug-likeness (QED) is 0.614. The van der Waals surface area contributed by atoms with Gasteiger partial charge in [-0.15, -0.1) is 0 Å². The van der Waals surface area contributed by atoms with Crippen molar-refractivity contribution in [2.75, 3.05) is 27.2 Å². The fraction of sp³-hybridized carbons (Fsp3) is 0.259. The minimum absolute atomic E-state index is 0.119. The highest BCUT2D eigenvalue weighted by Crippen LogP contribution is 2.38. The summed E-state index contributed by atoms with van der Waals surface area (Å²) in [6.07, 6.45) is 0.924. The number of nitrogens with zero attached hydrogens (tertiary/aromatic N) is 1. The van der Waals surface area contributed by atoms with Crippen LogP contribution in [0, 0.1) is 11.2 Å². The third kappa shape index (κ3) is 4.46. The number of hydrogen-bond acceptors (Lipinski definition) is 3. The minimum atomic E-state index is -0.801. The molecule has 1 aliphatic rings. The zero-order chi connectivity index (χ0) is 23.4. The second-order valence-corrected chi connectivity index (χ2v) is 8.38. The van der Waals surface area contributed by atoms with Gasteiger partial charge in [-0.05, 0) is 48.2 Å². The molecule has 1 atom stereocenters. The van der Waals surface area contributed by atoms with Crippen LogP contribution in [0.1, 0.15) is 22.3 Å². The Morgan fingerprint density at radius 1 is 1.03 bits per heavy atom. The fourth-order valence-electron chi connectivity index (χ4n) is 4.64. The number of ether oxygens (including phenoxy) is 1. The van der Waals surface area contributed by atoms with Crippen molar-refractivity contribution in [3.05, 3.63) is 89.7 Å². The molecule has 6 heteroatoms. The van der Waals surface area contributed by atoms with Crippen molar-refractivity contribution < 1.29 is 18.7 Å². The van der Waals surface area contributed by atoms with E-state index in [0.717, 1.165) is 11.1 Å². The van der Waals surface area contributed by atoms with E-state index in [1.54, 1.807) is 61.5 Å². The van der Waals surface area contributed by atoms with E-state index in [1.165, 1.54) is 6.07 Å². The summed E-state index contributed by atoms with van der Waals surface area (Å²) in [5, 5.41) is 2.79. The third-order valence-electron chi connectivity index (χ3n) is 6.38. The summed E-state index contributed by atoms with van der Waals surface area (Å²) < 4.78 is 19.8. The molecule has 0 aromatic heterocycles. The van der Waals surface area contributed by atoms with Crippen molar-refractivity contribution in [2.45, 2.75) is 12.8 Å². The zero-order valence-electron chi connectivity index (χ0n) is 18.8. The molecule has 1 saturated heterocycles. The summed E-state index contributed by atoms with van der Waals surface area (Å²) >= 11 is 0. The smallest absolute Gasteiger partial charge is 0.254 e. The van der Waals surface area contributed by atoms with Crippen LogP contribution in [0.4, 0.5) is 4.39 Å². The van der Waals surface area contributed by atoms with Gasteiger partial charge in [0.2, 0.25) is 5.91 Å². The molecule has 1 N–H and O–H groups in total. The molecule has 1 heterocycles. The van der Waals surface area contributed by atoms with Gasteiger partial charge < -0.3 is 15.0 Å².